The average Bonchev–Trinajstić information content (AvgIpc) is 2.66. The molecule has 1 aliphatic rings. The van der Waals surface area contributed by atoms with E-state index in [-0.39, 0.29) is 17.5 Å². The standard InChI is InChI=1S/C22H21FN2O2/c1-14-11-20(19-6-5-17(23)13-21(19)24-14)22(27)25-9-7-15(8-10-25)16-3-2-4-18(26)12-16/h2-6,11-13,15,26H,7-10H2,1H3. The minimum atomic E-state index is -0.356. The molecule has 4 nitrogen and oxygen atoms in total. The fraction of sp³-hybridized carbons (Fsp3) is 0.273. The van der Waals surface area contributed by atoms with E-state index in [4.69, 9.17) is 0 Å². The van der Waals surface area contributed by atoms with Gasteiger partial charge in [-0.15, -0.1) is 0 Å². The monoisotopic (exact) mass is 364 g/mol. The molecule has 0 atom stereocenters. The first-order valence-electron chi connectivity index (χ1n) is 9.16. The molecule has 138 valence electrons. The van der Waals surface area contributed by atoms with Gasteiger partial charge < -0.3 is 10.0 Å². The number of phenolic OH excluding ortho intramolecular Hbond substituents is 1. The molecule has 0 aliphatic carbocycles. The molecule has 1 aliphatic heterocycles. The fourth-order valence-electron chi connectivity index (χ4n) is 3.88. The summed E-state index contributed by atoms with van der Waals surface area (Å²) in [4.78, 5) is 19.3. The number of phenols is 1. The fourth-order valence-corrected chi connectivity index (χ4v) is 3.88. The lowest BCUT2D eigenvalue weighted by Gasteiger charge is -2.32. The molecule has 1 amide bonds. The van der Waals surface area contributed by atoms with Crippen molar-refractivity contribution in [2.75, 3.05) is 13.1 Å². The lowest BCUT2D eigenvalue weighted by atomic mass is 9.89. The van der Waals surface area contributed by atoms with Crippen molar-refractivity contribution in [1.82, 2.24) is 9.88 Å². The van der Waals surface area contributed by atoms with Crippen LogP contribution in [0.4, 0.5) is 4.39 Å². The van der Waals surface area contributed by atoms with Gasteiger partial charge in [-0.25, -0.2) is 4.39 Å². The quantitative estimate of drug-likeness (QED) is 0.733. The molecule has 5 heteroatoms. The van der Waals surface area contributed by atoms with Crippen LogP contribution < -0.4 is 0 Å². The van der Waals surface area contributed by atoms with E-state index in [0.717, 1.165) is 18.4 Å². The van der Waals surface area contributed by atoms with Crippen LogP contribution in [0.2, 0.25) is 0 Å². The van der Waals surface area contributed by atoms with Gasteiger partial charge in [-0.1, -0.05) is 12.1 Å². The normalized spacial score (nSPS) is 15.3. The lowest BCUT2D eigenvalue weighted by Crippen LogP contribution is -2.38. The number of nitrogens with zero attached hydrogens (tertiary/aromatic N) is 2. The Morgan fingerprint density at radius 1 is 1.15 bits per heavy atom. The molecule has 1 saturated heterocycles. The molecule has 2 aromatic carbocycles. The minimum absolute atomic E-state index is 0.0357. The molecule has 27 heavy (non-hydrogen) atoms. The molecule has 1 aromatic heterocycles. The maximum atomic E-state index is 13.5. The number of aromatic nitrogens is 1. The van der Waals surface area contributed by atoms with Crippen molar-refractivity contribution in [3.05, 3.63) is 71.2 Å². The highest BCUT2D eigenvalue weighted by Crippen LogP contribution is 2.31. The van der Waals surface area contributed by atoms with Crippen molar-refractivity contribution < 1.29 is 14.3 Å². The number of aryl methyl sites for hydroxylation is 1. The molecule has 0 radical (unpaired) electrons. The number of amides is 1. The highest BCUT2D eigenvalue weighted by atomic mass is 19.1. The van der Waals surface area contributed by atoms with Gasteiger partial charge in [0.05, 0.1) is 11.1 Å². The van der Waals surface area contributed by atoms with Crippen LogP contribution in [0.3, 0.4) is 0 Å². The number of carbonyl (C=O) groups excluding carboxylic acids is 1. The second-order valence-electron chi connectivity index (χ2n) is 7.13. The Morgan fingerprint density at radius 2 is 1.93 bits per heavy atom. The third-order valence-corrected chi connectivity index (χ3v) is 5.25. The Morgan fingerprint density at radius 3 is 2.67 bits per heavy atom. The second kappa shape index (κ2) is 6.99. The first kappa shape index (κ1) is 17.5. The highest BCUT2D eigenvalue weighted by Gasteiger charge is 2.26. The molecule has 0 saturated carbocycles. The van der Waals surface area contributed by atoms with Gasteiger partial charge in [-0.2, -0.15) is 0 Å². The molecular weight excluding hydrogens is 343 g/mol. The molecule has 1 N–H and O–H groups in total. The van der Waals surface area contributed by atoms with Gasteiger partial charge in [0.1, 0.15) is 11.6 Å². The molecule has 0 unspecified atom stereocenters. The van der Waals surface area contributed by atoms with E-state index in [1.54, 1.807) is 24.3 Å². The van der Waals surface area contributed by atoms with Crippen molar-refractivity contribution in [2.45, 2.75) is 25.7 Å². The topological polar surface area (TPSA) is 53.4 Å². The maximum Gasteiger partial charge on any atom is 0.254 e. The summed E-state index contributed by atoms with van der Waals surface area (Å²) in [5.74, 6) is 0.223. The van der Waals surface area contributed by atoms with Crippen molar-refractivity contribution in [3.63, 3.8) is 0 Å². The predicted octanol–water partition coefficient (Wildman–Crippen LogP) is 4.41. The summed E-state index contributed by atoms with van der Waals surface area (Å²) in [6.45, 7) is 3.13. The summed E-state index contributed by atoms with van der Waals surface area (Å²) in [7, 11) is 0. The molecule has 3 aromatic rings. The molecule has 0 bridgehead atoms. The van der Waals surface area contributed by atoms with E-state index < -0.39 is 0 Å². The number of piperidine rings is 1. The van der Waals surface area contributed by atoms with Crippen LogP contribution in [0.5, 0.6) is 5.75 Å². The molecule has 2 heterocycles. The van der Waals surface area contributed by atoms with Gasteiger partial charge in [-0.05, 0) is 61.6 Å². The number of hydrogen-bond acceptors (Lipinski definition) is 3. The summed E-state index contributed by atoms with van der Waals surface area (Å²) in [5.41, 5.74) is 2.90. The maximum absolute atomic E-state index is 13.5. The molecule has 4 rings (SSSR count). The Balaban J connectivity index is 1.55. The van der Waals surface area contributed by atoms with E-state index in [0.29, 0.717) is 41.2 Å². The summed E-state index contributed by atoms with van der Waals surface area (Å²) in [6.07, 6.45) is 1.71. The van der Waals surface area contributed by atoms with Crippen molar-refractivity contribution in [2.24, 2.45) is 0 Å². The van der Waals surface area contributed by atoms with Crippen molar-refractivity contribution in [3.8, 4) is 5.75 Å². The van der Waals surface area contributed by atoms with Crippen LogP contribution in [-0.2, 0) is 0 Å². The summed E-state index contributed by atoms with van der Waals surface area (Å²) in [5, 5.41) is 10.4. The molecule has 1 fully saturated rings. The summed E-state index contributed by atoms with van der Waals surface area (Å²) >= 11 is 0. The number of rotatable bonds is 2. The highest BCUT2D eigenvalue weighted by molar-refractivity contribution is 6.06. The van der Waals surface area contributed by atoms with E-state index in [1.165, 1.54) is 12.1 Å². The molecular formula is C22H21FN2O2. The number of benzene rings is 2. The van der Waals surface area contributed by atoms with Gasteiger partial charge in [0, 0.05) is 30.2 Å². The summed E-state index contributed by atoms with van der Waals surface area (Å²) in [6, 6.07) is 13.5. The Bertz CT molecular complexity index is 1010. The van der Waals surface area contributed by atoms with E-state index in [9.17, 15) is 14.3 Å². The zero-order valence-electron chi connectivity index (χ0n) is 15.2. The number of hydrogen-bond donors (Lipinski definition) is 1. The van der Waals surface area contributed by atoms with Crippen LogP contribution in [-0.4, -0.2) is 34.0 Å². The zero-order chi connectivity index (χ0) is 19.0. The lowest BCUT2D eigenvalue weighted by molar-refractivity contribution is 0.0714. The van der Waals surface area contributed by atoms with Crippen molar-refractivity contribution in [1.29, 1.82) is 0 Å². The van der Waals surface area contributed by atoms with Gasteiger partial charge in [0.2, 0.25) is 0 Å². The zero-order valence-corrected chi connectivity index (χ0v) is 15.2. The van der Waals surface area contributed by atoms with E-state index in [1.807, 2.05) is 24.0 Å². The third-order valence-electron chi connectivity index (χ3n) is 5.25. The number of likely N-dealkylation sites (tertiary alicyclic amines) is 1. The Hall–Kier alpha value is -2.95. The van der Waals surface area contributed by atoms with E-state index >= 15 is 0 Å². The van der Waals surface area contributed by atoms with Crippen LogP contribution in [0.25, 0.3) is 10.9 Å². The Labute approximate surface area is 157 Å². The first-order valence-corrected chi connectivity index (χ1v) is 9.16. The number of pyridine rings is 1. The van der Waals surface area contributed by atoms with Gasteiger partial charge in [0.25, 0.3) is 5.91 Å². The SMILES string of the molecule is Cc1cc(C(=O)N2CCC(c3cccc(O)c3)CC2)c2ccc(F)cc2n1. The van der Waals surface area contributed by atoms with Crippen LogP contribution in [0, 0.1) is 12.7 Å². The van der Waals surface area contributed by atoms with Gasteiger partial charge >= 0.3 is 0 Å². The van der Waals surface area contributed by atoms with Gasteiger partial charge in [-0.3, -0.25) is 9.78 Å². The largest absolute Gasteiger partial charge is 0.508 e. The van der Waals surface area contributed by atoms with Crippen molar-refractivity contribution >= 4 is 16.8 Å². The second-order valence-corrected chi connectivity index (χ2v) is 7.13. The number of carbonyl (C=O) groups is 1. The predicted molar refractivity (Wildman–Crippen MR) is 102 cm³/mol. The van der Waals surface area contributed by atoms with Crippen LogP contribution >= 0.6 is 0 Å². The Kier molecular flexibility index (Phi) is 4.52. The minimum Gasteiger partial charge on any atom is -0.508 e. The molecule has 0 spiro atoms. The van der Waals surface area contributed by atoms with Crippen LogP contribution in [0.1, 0.15) is 40.4 Å². The third kappa shape index (κ3) is 3.50. The van der Waals surface area contributed by atoms with Crippen LogP contribution in [0.15, 0.2) is 48.5 Å². The summed E-state index contributed by atoms with van der Waals surface area (Å²) < 4.78 is 13.5. The van der Waals surface area contributed by atoms with Gasteiger partial charge in [0.15, 0.2) is 0 Å². The number of aromatic hydroxyl groups is 1. The average molecular weight is 364 g/mol. The number of halogens is 1. The van der Waals surface area contributed by atoms with E-state index in [2.05, 4.69) is 4.98 Å². The first-order chi connectivity index (χ1) is 13.0. The number of fused-ring (bicyclic) bond motifs is 1. The smallest absolute Gasteiger partial charge is 0.254 e.